The number of carbonyl (C=O) groups is 4. The maximum absolute atomic E-state index is 13.8. The Hall–Kier alpha value is -6.02. The van der Waals surface area contributed by atoms with Crippen LogP contribution < -0.4 is 10.6 Å². The van der Waals surface area contributed by atoms with E-state index in [2.05, 4.69) is 10.6 Å². The molecule has 236 valence electrons. The third kappa shape index (κ3) is 8.79. The minimum Gasteiger partial charge on any atom is -0.460 e. The summed E-state index contributed by atoms with van der Waals surface area (Å²) in [5.74, 6) is -2.08. The van der Waals surface area contributed by atoms with Crippen molar-refractivity contribution in [2.45, 2.75) is 32.1 Å². The van der Waals surface area contributed by atoms with Gasteiger partial charge in [-0.15, -0.1) is 0 Å². The van der Waals surface area contributed by atoms with Crippen LogP contribution in [0.3, 0.4) is 0 Å². The highest BCUT2D eigenvalue weighted by atomic mass is 16.5. The van der Waals surface area contributed by atoms with Gasteiger partial charge in [0.25, 0.3) is 5.91 Å². The number of carbonyl (C=O) groups excluding carboxylic acids is 4. The summed E-state index contributed by atoms with van der Waals surface area (Å²) in [6, 6.07) is 39.6. The molecule has 0 heterocycles. The summed E-state index contributed by atoms with van der Waals surface area (Å²) in [6.45, 7) is 1.85. The van der Waals surface area contributed by atoms with Gasteiger partial charge < -0.3 is 20.1 Å². The van der Waals surface area contributed by atoms with Crippen molar-refractivity contribution in [2.24, 2.45) is 0 Å². The van der Waals surface area contributed by atoms with E-state index >= 15 is 0 Å². The van der Waals surface area contributed by atoms with Crippen molar-refractivity contribution in [3.8, 4) is 0 Å². The van der Waals surface area contributed by atoms with Crippen molar-refractivity contribution < 1.29 is 28.7 Å². The summed E-state index contributed by atoms with van der Waals surface area (Å²) in [4.78, 5) is 53.4. The first kappa shape index (κ1) is 32.4. The van der Waals surface area contributed by atoms with Gasteiger partial charge in [-0.2, -0.15) is 0 Å². The van der Waals surface area contributed by atoms with Gasteiger partial charge in [-0.05, 0) is 41.3 Å². The predicted octanol–water partition coefficient (Wildman–Crippen LogP) is 7.37. The van der Waals surface area contributed by atoms with E-state index < -0.39 is 29.9 Å². The van der Waals surface area contributed by atoms with Gasteiger partial charge in [0.05, 0.1) is 11.6 Å². The summed E-state index contributed by atoms with van der Waals surface area (Å²) in [6.07, 6.45) is -0.781. The molecule has 0 bridgehead atoms. The average molecular weight is 627 g/mol. The fraction of sp³-hybridized carbons (Fsp3) is 0.128. The fourth-order valence-corrected chi connectivity index (χ4v) is 4.90. The number of benzene rings is 5. The van der Waals surface area contributed by atoms with E-state index in [9.17, 15) is 19.2 Å². The van der Waals surface area contributed by atoms with Gasteiger partial charge in [0.15, 0.2) is 5.78 Å². The van der Waals surface area contributed by atoms with E-state index in [1.165, 1.54) is 0 Å². The molecule has 0 spiro atoms. The lowest BCUT2D eigenvalue weighted by atomic mass is 9.94. The maximum atomic E-state index is 13.8. The first-order valence-electron chi connectivity index (χ1n) is 15.2. The molecule has 0 aliphatic heterocycles. The van der Waals surface area contributed by atoms with E-state index in [0.717, 1.165) is 11.1 Å². The molecule has 2 atom stereocenters. The molecule has 0 aromatic heterocycles. The number of hydrogen-bond acceptors (Lipinski definition) is 6. The number of esters is 1. The summed E-state index contributed by atoms with van der Waals surface area (Å²) >= 11 is 0. The largest absolute Gasteiger partial charge is 0.460 e. The third-order valence-electron chi connectivity index (χ3n) is 7.53. The Morgan fingerprint density at radius 3 is 1.74 bits per heavy atom. The van der Waals surface area contributed by atoms with Gasteiger partial charge in [-0.3, -0.25) is 14.4 Å². The minimum absolute atomic E-state index is 0.0267. The maximum Gasteiger partial charge on any atom is 0.408 e. The van der Waals surface area contributed by atoms with Gasteiger partial charge in [0, 0.05) is 11.1 Å². The molecule has 47 heavy (non-hydrogen) atoms. The van der Waals surface area contributed by atoms with E-state index in [4.69, 9.17) is 9.47 Å². The average Bonchev–Trinajstić information content (AvgIpc) is 3.13. The minimum atomic E-state index is -1.13. The predicted molar refractivity (Wildman–Crippen MR) is 179 cm³/mol. The molecule has 8 nitrogen and oxygen atoms in total. The molecule has 0 aliphatic rings. The Kier molecular flexibility index (Phi) is 10.9. The smallest absolute Gasteiger partial charge is 0.408 e. The lowest BCUT2D eigenvalue weighted by Gasteiger charge is -2.21. The Balaban J connectivity index is 1.39. The number of nitrogens with one attached hydrogen (secondary N) is 2. The van der Waals surface area contributed by atoms with Crippen LogP contribution in [-0.4, -0.2) is 23.8 Å². The lowest BCUT2D eigenvalue weighted by Crippen LogP contribution is -2.37. The van der Waals surface area contributed by atoms with Crippen molar-refractivity contribution in [3.05, 3.63) is 173 Å². The van der Waals surface area contributed by atoms with Gasteiger partial charge >= 0.3 is 12.1 Å². The van der Waals surface area contributed by atoms with Crippen LogP contribution in [0.25, 0.3) is 0 Å². The second kappa shape index (κ2) is 15.8. The zero-order valence-corrected chi connectivity index (χ0v) is 25.8. The van der Waals surface area contributed by atoms with Crippen LogP contribution >= 0.6 is 0 Å². The van der Waals surface area contributed by atoms with Crippen molar-refractivity contribution in [1.29, 1.82) is 0 Å². The normalized spacial score (nSPS) is 11.9. The molecular weight excluding hydrogens is 592 g/mol. The van der Waals surface area contributed by atoms with Gasteiger partial charge in [0.1, 0.15) is 19.3 Å². The molecule has 0 aliphatic carbocycles. The zero-order chi connectivity index (χ0) is 33.0. The monoisotopic (exact) mass is 626 g/mol. The second-order valence-electron chi connectivity index (χ2n) is 10.9. The summed E-state index contributed by atoms with van der Waals surface area (Å²) in [5, 5.41) is 5.49. The van der Waals surface area contributed by atoms with Crippen LogP contribution in [0.15, 0.2) is 140 Å². The highest BCUT2D eigenvalue weighted by molar-refractivity contribution is 6.14. The standard InChI is InChI=1S/C39H34N2O6/c1-27(38(44)46-25-28-14-6-2-7-15-28)32-22-23-34(33(24-32)36(42)31-20-12-5-13-21-31)40-37(43)35(30-18-10-4-11-19-30)41-39(45)47-26-29-16-8-3-9-17-29/h2-24,27,35H,25-26H2,1H3,(H,40,43)(H,41,45). The molecule has 0 saturated carbocycles. The molecule has 2 N–H and O–H groups in total. The molecule has 5 aromatic carbocycles. The van der Waals surface area contributed by atoms with Crippen LogP contribution in [0.5, 0.6) is 0 Å². The zero-order valence-electron chi connectivity index (χ0n) is 25.8. The number of anilines is 1. The van der Waals surface area contributed by atoms with E-state index in [0.29, 0.717) is 16.7 Å². The van der Waals surface area contributed by atoms with Crippen LogP contribution in [0.1, 0.15) is 57.1 Å². The number of hydrogen-bond donors (Lipinski definition) is 2. The molecule has 5 rings (SSSR count). The van der Waals surface area contributed by atoms with Crippen molar-refractivity contribution in [3.63, 3.8) is 0 Å². The first-order valence-corrected chi connectivity index (χ1v) is 15.2. The quantitative estimate of drug-likeness (QED) is 0.111. The topological polar surface area (TPSA) is 111 Å². The number of ether oxygens (including phenoxy) is 2. The molecule has 0 fully saturated rings. The lowest BCUT2D eigenvalue weighted by molar-refractivity contribution is -0.146. The molecular formula is C39H34N2O6. The van der Waals surface area contributed by atoms with Gasteiger partial charge in [0.2, 0.25) is 0 Å². The van der Waals surface area contributed by atoms with E-state index in [1.54, 1.807) is 85.8 Å². The highest BCUT2D eigenvalue weighted by Crippen LogP contribution is 2.28. The third-order valence-corrected chi connectivity index (χ3v) is 7.53. The summed E-state index contributed by atoms with van der Waals surface area (Å²) in [7, 11) is 0. The van der Waals surface area contributed by atoms with Crippen LogP contribution in [0.4, 0.5) is 10.5 Å². The molecule has 8 heteroatoms. The van der Waals surface area contributed by atoms with E-state index in [1.807, 2.05) is 60.7 Å². The number of alkyl carbamates (subject to hydrolysis) is 1. The Morgan fingerprint density at radius 2 is 1.15 bits per heavy atom. The number of ketones is 1. The van der Waals surface area contributed by atoms with Gasteiger partial charge in [-0.25, -0.2) is 4.79 Å². The highest BCUT2D eigenvalue weighted by Gasteiger charge is 2.27. The molecule has 2 unspecified atom stereocenters. The van der Waals surface area contributed by atoms with Gasteiger partial charge in [-0.1, -0.05) is 127 Å². The number of amides is 2. The summed E-state index contributed by atoms with van der Waals surface area (Å²) in [5.41, 5.74) is 3.52. The molecule has 0 saturated heterocycles. The Bertz CT molecular complexity index is 1810. The SMILES string of the molecule is CC(C(=O)OCc1ccccc1)c1ccc(NC(=O)C(NC(=O)OCc2ccccc2)c2ccccc2)c(C(=O)c2ccccc2)c1. The fourth-order valence-electron chi connectivity index (χ4n) is 4.90. The van der Waals surface area contributed by atoms with E-state index in [-0.39, 0.29) is 30.2 Å². The second-order valence-corrected chi connectivity index (χ2v) is 10.9. The van der Waals surface area contributed by atoms with Crippen LogP contribution in [-0.2, 0) is 32.3 Å². The Morgan fingerprint density at radius 1 is 0.617 bits per heavy atom. The van der Waals surface area contributed by atoms with Crippen molar-refractivity contribution in [1.82, 2.24) is 5.32 Å². The summed E-state index contributed by atoms with van der Waals surface area (Å²) < 4.78 is 10.9. The molecule has 0 radical (unpaired) electrons. The van der Waals surface area contributed by atoms with Crippen LogP contribution in [0, 0.1) is 0 Å². The number of rotatable bonds is 12. The van der Waals surface area contributed by atoms with Crippen molar-refractivity contribution in [2.75, 3.05) is 5.32 Å². The molecule has 2 amide bonds. The van der Waals surface area contributed by atoms with Crippen LogP contribution in [0.2, 0.25) is 0 Å². The molecule has 5 aromatic rings. The first-order chi connectivity index (χ1) is 22.9. The van der Waals surface area contributed by atoms with Crippen molar-refractivity contribution >= 4 is 29.4 Å². The Labute approximate surface area is 273 Å².